The highest BCUT2D eigenvalue weighted by atomic mass is 16.5. The Kier molecular flexibility index (Phi) is 4.83. The summed E-state index contributed by atoms with van der Waals surface area (Å²) in [7, 11) is 0. The molecule has 106 valence electrons. The zero-order chi connectivity index (χ0) is 13.8. The number of hydrogen-bond donors (Lipinski definition) is 1. The van der Waals surface area contributed by atoms with E-state index in [1.807, 2.05) is 0 Å². The van der Waals surface area contributed by atoms with Crippen LogP contribution in [0.2, 0.25) is 0 Å². The van der Waals surface area contributed by atoms with Gasteiger partial charge in [0.15, 0.2) is 0 Å². The second kappa shape index (κ2) is 6.40. The zero-order valence-electron chi connectivity index (χ0n) is 12.3. The number of likely N-dealkylation sites (N-methyl/N-ethyl adjacent to an activating group) is 1. The number of hydrogen-bond acceptors (Lipinski definition) is 3. The van der Waals surface area contributed by atoms with Crippen LogP contribution in [0.5, 0.6) is 0 Å². The molecular weight excluding hydrogens is 236 g/mol. The van der Waals surface area contributed by atoms with Crippen LogP contribution in [0.25, 0.3) is 0 Å². The fourth-order valence-corrected chi connectivity index (χ4v) is 2.94. The number of rotatable bonds is 5. The third kappa shape index (κ3) is 3.28. The Morgan fingerprint density at radius 3 is 2.47 bits per heavy atom. The van der Waals surface area contributed by atoms with Crippen molar-refractivity contribution in [3.63, 3.8) is 0 Å². The molecule has 1 aromatic carbocycles. The SMILES string of the molecule is CCN(c1ccc(C)cc1)C(CN)C1CCC(C)O1. The highest BCUT2D eigenvalue weighted by Gasteiger charge is 2.32. The van der Waals surface area contributed by atoms with Crippen LogP contribution in [-0.4, -0.2) is 31.3 Å². The van der Waals surface area contributed by atoms with Gasteiger partial charge in [-0.1, -0.05) is 17.7 Å². The third-order valence-electron chi connectivity index (χ3n) is 4.04. The Balaban J connectivity index is 2.16. The van der Waals surface area contributed by atoms with Crippen LogP contribution in [0.15, 0.2) is 24.3 Å². The normalized spacial score (nSPS) is 24.4. The molecule has 1 saturated heterocycles. The molecule has 3 heteroatoms. The maximum absolute atomic E-state index is 6.02. The largest absolute Gasteiger partial charge is 0.373 e. The van der Waals surface area contributed by atoms with Crippen LogP contribution in [0.3, 0.4) is 0 Å². The van der Waals surface area contributed by atoms with Gasteiger partial charge >= 0.3 is 0 Å². The summed E-state index contributed by atoms with van der Waals surface area (Å²) < 4.78 is 6.02. The van der Waals surface area contributed by atoms with Gasteiger partial charge in [0.1, 0.15) is 0 Å². The molecule has 3 atom stereocenters. The summed E-state index contributed by atoms with van der Waals surface area (Å²) in [5.41, 5.74) is 8.55. The molecule has 0 aromatic heterocycles. The second-order valence-electron chi connectivity index (χ2n) is 5.49. The van der Waals surface area contributed by atoms with Gasteiger partial charge in [-0.15, -0.1) is 0 Å². The summed E-state index contributed by atoms with van der Waals surface area (Å²) in [4.78, 5) is 2.38. The number of aryl methyl sites for hydroxylation is 1. The molecule has 0 amide bonds. The molecule has 3 unspecified atom stereocenters. The fourth-order valence-electron chi connectivity index (χ4n) is 2.94. The van der Waals surface area contributed by atoms with Gasteiger partial charge in [-0.2, -0.15) is 0 Å². The lowest BCUT2D eigenvalue weighted by Gasteiger charge is -2.35. The van der Waals surface area contributed by atoms with Crippen molar-refractivity contribution < 1.29 is 4.74 Å². The van der Waals surface area contributed by atoms with Crippen molar-refractivity contribution >= 4 is 5.69 Å². The van der Waals surface area contributed by atoms with E-state index in [2.05, 4.69) is 49.9 Å². The first-order valence-corrected chi connectivity index (χ1v) is 7.34. The molecule has 0 saturated carbocycles. The van der Waals surface area contributed by atoms with E-state index in [0.717, 1.165) is 19.4 Å². The van der Waals surface area contributed by atoms with Gasteiger partial charge in [-0.3, -0.25) is 0 Å². The van der Waals surface area contributed by atoms with Gasteiger partial charge in [0, 0.05) is 18.8 Å². The molecule has 1 heterocycles. The van der Waals surface area contributed by atoms with E-state index in [4.69, 9.17) is 10.5 Å². The summed E-state index contributed by atoms with van der Waals surface area (Å²) in [6.45, 7) is 8.04. The van der Waals surface area contributed by atoms with E-state index in [1.165, 1.54) is 11.3 Å². The monoisotopic (exact) mass is 262 g/mol. The molecule has 2 N–H and O–H groups in total. The Labute approximate surface area is 116 Å². The van der Waals surface area contributed by atoms with Crippen molar-refractivity contribution in [2.24, 2.45) is 5.73 Å². The van der Waals surface area contributed by atoms with E-state index in [9.17, 15) is 0 Å². The number of nitrogens with zero attached hydrogens (tertiary/aromatic N) is 1. The predicted octanol–water partition coefficient (Wildman–Crippen LogP) is 2.72. The summed E-state index contributed by atoms with van der Waals surface area (Å²) in [6, 6.07) is 8.95. The molecule has 0 spiro atoms. The summed E-state index contributed by atoms with van der Waals surface area (Å²) in [5, 5.41) is 0. The van der Waals surface area contributed by atoms with Crippen LogP contribution in [0, 0.1) is 6.92 Å². The lowest BCUT2D eigenvalue weighted by molar-refractivity contribution is 0.0403. The molecule has 19 heavy (non-hydrogen) atoms. The molecule has 3 nitrogen and oxygen atoms in total. The van der Waals surface area contributed by atoms with Crippen LogP contribution in [0.1, 0.15) is 32.3 Å². The lowest BCUT2D eigenvalue weighted by Crippen LogP contribution is -2.48. The number of benzene rings is 1. The van der Waals surface area contributed by atoms with E-state index >= 15 is 0 Å². The Hall–Kier alpha value is -1.06. The van der Waals surface area contributed by atoms with Gasteiger partial charge < -0.3 is 15.4 Å². The minimum atomic E-state index is 0.265. The van der Waals surface area contributed by atoms with E-state index in [0.29, 0.717) is 12.6 Å². The van der Waals surface area contributed by atoms with Gasteiger partial charge in [0.05, 0.1) is 18.2 Å². The maximum Gasteiger partial charge on any atom is 0.0795 e. The van der Waals surface area contributed by atoms with Crippen LogP contribution in [-0.2, 0) is 4.74 Å². The first-order valence-electron chi connectivity index (χ1n) is 7.34. The van der Waals surface area contributed by atoms with Crippen LogP contribution in [0.4, 0.5) is 5.69 Å². The number of anilines is 1. The van der Waals surface area contributed by atoms with Crippen LogP contribution >= 0.6 is 0 Å². The van der Waals surface area contributed by atoms with Gasteiger partial charge in [0.2, 0.25) is 0 Å². The van der Waals surface area contributed by atoms with Crippen molar-refractivity contribution in [3.8, 4) is 0 Å². The minimum Gasteiger partial charge on any atom is -0.373 e. The third-order valence-corrected chi connectivity index (χ3v) is 4.04. The minimum absolute atomic E-state index is 0.265. The Bertz CT molecular complexity index is 390. The van der Waals surface area contributed by atoms with E-state index in [1.54, 1.807) is 0 Å². The van der Waals surface area contributed by atoms with Gasteiger partial charge in [-0.25, -0.2) is 0 Å². The quantitative estimate of drug-likeness (QED) is 0.886. The molecule has 0 bridgehead atoms. The summed E-state index contributed by atoms with van der Waals surface area (Å²) in [6.07, 6.45) is 2.90. The van der Waals surface area contributed by atoms with Crippen molar-refractivity contribution in [3.05, 3.63) is 29.8 Å². The molecule has 1 aliphatic rings. The topological polar surface area (TPSA) is 38.5 Å². The molecular formula is C16H26N2O. The lowest BCUT2D eigenvalue weighted by atomic mass is 10.0. The van der Waals surface area contributed by atoms with Gasteiger partial charge in [0.25, 0.3) is 0 Å². The summed E-state index contributed by atoms with van der Waals surface area (Å²) >= 11 is 0. The highest BCUT2D eigenvalue weighted by molar-refractivity contribution is 5.48. The van der Waals surface area contributed by atoms with Crippen LogP contribution < -0.4 is 10.6 Å². The van der Waals surface area contributed by atoms with Crippen molar-refractivity contribution in [1.82, 2.24) is 0 Å². The van der Waals surface area contributed by atoms with Crippen molar-refractivity contribution in [2.45, 2.75) is 51.9 Å². The molecule has 1 aliphatic heterocycles. The first-order chi connectivity index (χ1) is 9.15. The zero-order valence-corrected chi connectivity index (χ0v) is 12.3. The Morgan fingerprint density at radius 2 is 2.00 bits per heavy atom. The van der Waals surface area contributed by atoms with E-state index < -0.39 is 0 Å². The fraction of sp³-hybridized carbons (Fsp3) is 0.625. The van der Waals surface area contributed by atoms with Gasteiger partial charge in [-0.05, 0) is 45.7 Å². The predicted molar refractivity (Wildman–Crippen MR) is 80.6 cm³/mol. The summed E-state index contributed by atoms with van der Waals surface area (Å²) in [5.74, 6) is 0. The molecule has 0 aliphatic carbocycles. The highest BCUT2D eigenvalue weighted by Crippen LogP contribution is 2.27. The second-order valence-corrected chi connectivity index (χ2v) is 5.49. The average Bonchev–Trinajstić information content (AvgIpc) is 2.83. The first kappa shape index (κ1) is 14.4. The average molecular weight is 262 g/mol. The smallest absolute Gasteiger partial charge is 0.0795 e. The van der Waals surface area contributed by atoms with Crippen molar-refractivity contribution in [1.29, 1.82) is 0 Å². The Morgan fingerprint density at radius 1 is 1.32 bits per heavy atom. The molecule has 0 radical (unpaired) electrons. The van der Waals surface area contributed by atoms with E-state index in [-0.39, 0.29) is 12.1 Å². The maximum atomic E-state index is 6.02. The number of ether oxygens (including phenoxy) is 1. The van der Waals surface area contributed by atoms with Crippen molar-refractivity contribution in [2.75, 3.05) is 18.0 Å². The molecule has 1 aromatic rings. The molecule has 1 fully saturated rings. The standard InChI is InChI=1S/C16H26N2O/c1-4-18(14-8-5-12(2)6-9-14)15(11-17)16-10-7-13(3)19-16/h5-6,8-9,13,15-16H,4,7,10-11,17H2,1-3H3. The molecule has 2 rings (SSSR count). The number of nitrogens with two attached hydrogens (primary N) is 1.